The molecule has 1 heterocycles. The van der Waals surface area contributed by atoms with Crippen molar-refractivity contribution in [3.8, 4) is 11.1 Å². The Morgan fingerprint density at radius 1 is 1.00 bits per heavy atom. The number of amides is 1. The molecule has 0 radical (unpaired) electrons. The van der Waals surface area contributed by atoms with Crippen molar-refractivity contribution in [1.82, 2.24) is 5.32 Å². The Morgan fingerprint density at radius 3 is 2.48 bits per heavy atom. The molecule has 0 unspecified atom stereocenters. The molecule has 4 aromatic rings. The van der Waals surface area contributed by atoms with Gasteiger partial charge in [-0.25, -0.2) is 0 Å². The van der Waals surface area contributed by atoms with E-state index in [1.54, 1.807) is 6.07 Å². The highest BCUT2D eigenvalue weighted by molar-refractivity contribution is 6.31. The van der Waals surface area contributed by atoms with E-state index >= 15 is 0 Å². The number of fused-ring (bicyclic) bond motifs is 1. The van der Waals surface area contributed by atoms with Crippen molar-refractivity contribution >= 4 is 40.1 Å². The molecule has 0 saturated heterocycles. The molecule has 0 spiro atoms. The van der Waals surface area contributed by atoms with E-state index in [0.29, 0.717) is 22.2 Å². The second-order valence-corrected chi connectivity index (χ2v) is 7.61. The van der Waals surface area contributed by atoms with Crippen LogP contribution in [-0.2, 0) is 13.0 Å². The highest BCUT2D eigenvalue weighted by Crippen LogP contribution is 2.36. The van der Waals surface area contributed by atoms with Gasteiger partial charge in [0, 0.05) is 27.5 Å². The van der Waals surface area contributed by atoms with Gasteiger partial charge in [-0.2, -0.15) is 0 Å². The summed E-state index contributed by atoms with van der Waals surface area (Å²) in [6, 6.07) is 20.9. The molecular weight excluding hydrogens is 405 g/mol. The lowest BCUT2D eigenvalue weighted by molar-refractivity contribution is 0.0926. The molecule has 0 aliphatic rings. The molecule has 5 heteroatoms. The maximum atomic E-state index is 13.0. The Kier molecular flexibility index (Phi) is 5.61. The zero-order chi connectivity index (χ0) is 20.4. The first-order chi connectivity index (χ1) is 14.1. The van der Waals surface area contributed by atoms with Crippen LogP contribution in [0, 0.1) is 0 Å². The number of carbonyl (C=O) groups is 1. The molecule has 0 fully saturated rings. The molecule has 29 heavy (non-hydrogen) atoms. The van der Waals surface area contributed by atoms with Crippen LogP contribution < -0.4 is 5.32 Å². The maximum absolute atomic E-state index is 13.0. The van der Waals surface area contributed by atoms with Gasteiger partial charge in [0.2, 0.25) is 5.76 Å². The van der Waals surface area contributed by atoms with Gasteiger partial charge in [-0.1, -0.05) is 66.5 Å². The van der Waals surface area contributed by atoms with Crippen LogP contribution in [-0.4, -0.2) is 5.91 Å². The van der Waals surface area contributed by atoms with Crippen molar-refractivity contribution in [2.24, 2.45) is 0 Å². The van der Waals surface area contributed by atoms with E-state index in [2.05, 4.69) is 18.3 Å². The van der Waals surface area contributed by atoms with Gasteiger partial charge in [-0.3, -0.25) is 4.79 Å². The number of furan rings is 1. The zero-order valence-corrected chi connectivity index (χ0v) is 17.3. The minimum atomic E-state index is -0.288. The van der Waals surface area contributed by atoms with Crippen LogP contribution in [0.3, 0.4) is 0 Å². The molecule has 3 aromatic carbocycles. The topological polar surface area (TPSA) is 42.2 Å². The molecular formula is C24H19Cl2NO2. The summed E-state index contributed by atoms with van der Waals surface area (Å²) < 4.78 is 5.99. The largest absolute Gasteiger partial charge is 0.450 e. The summed E-state index contributed by atoms with van der Waals surface area (Å²) in [5.41, 5.74) is 4.35. The van der Waals surface area contributed by atoms with E-state index in [1.165, 1.54) is 5.56 Å². The van der Waals surface area contributed by atoms with Crippen molar-refractivity contribution in [1.29, 1.82) is 0 Å². The molecule has 0 bridgehead atoms. The minimum absolute atomic E-state index is 0.280. The lowest BCUT2D eigenvalue weighted by Gasteiger charge is -2.07. The first-order valence-electron chi connectivity index (χ1n) is 9.39. The third-order valence-electron chi connectivity index (χ3n) is 4.90. The molecule has 146 valence electrons. The number of hydrogen-bond donors (Lipinski definition) is 1. The van der Waals surface area contributed by atoms with Gasteiger partial charge in [0.25, 0.3) is 5.91 Å². The molecule has 1 amide bonds. The van der Waals surface area contributed by atoms with Crippen molar-refractivity contribution < 1.29 is 9.21 Å². The first-order valence-corrected chi connectivity index (χ1v) is 10.2. The predicted molar refractivity (Wildman–Crippen MR) is 119 cm³/mol. The summed E-state index contributed by atoms with van der Waals surface area (Å²) in [5.74, 6) is -0.00764. The van der Waals surface area contributed by atoms with E-state index in [-0.39, 0.29) is 11.7 Å². The smallest absolute Gasteiger partial charge is 0.287 e. The second kappa shape index (κ2) is 8.32. The number of aryl methyl sites for hydroxylation is 1. The molecule has 0 atom stereocenters. The third kappa shape index (κ3) is 4.02. The predicted octanol–water partition coefficient (Wildman–Crippen LogP) is 6.90. The van der Waals surface area contributed by atoms with Gasteiger partial charge in [-0.15, -0.1) is 0 Å². The number of carbonyl (C=O) groups excluding carboxylic acids is 1. The van der Waals surface area contributed by atoms with Crippen molar-refractivity contribution in [3.05, 3.63) is 93.7 Å². The van der Waals surface area contributed by atoms with Crippen LogP contribution in [0.25, 0.3) is 22.1 Å². The average Bonchev–Trinajstić information content (AvgIpc) is 3.12. The number of nitrogens with one attached hydrogen (secondary N) is 1. The number of halogens is 2. The Bertz CT molecular complexity index is 1180. The fourth-order valence-electron chi connectivity index (χ4n) is 3.33. The Morgan fingerprint density at radius 2 is 1.76 bits per heavy atom. The van der Waals surface area contributed by atoms with Crippen LogP contribution in [0.15, 0.2) is 71.1 Å². The minimum Gasteiger partial charge on any atom is -0.450 e. The quantitative estimate of drug-likeness (QED) is 0.379. The average molecular weight is 424 g/mol. The molecule has 0 aliphatic heterocycles. The van der Waals surface area contributed by atoms with E-state index in [1.807, 2.05) is 54.6 Å². The summed E-state index contributed by atoms with van der Waals surface area (Å²) in [4.78, 5) is 13.0. The monoisotopic (exact) mass is 423 g/mol. The van der Waals surface area contributed by atoms with Gasteiger partial charge in [0.1, 0.15) is 5.58 Å². The molecule has 1 aromatic heterocycles. The SMILES string of the molecule is CCc1ccc2oc(C(=O)NCc3ccccc3Cl)c(-c3ccc(Cl)cc3)c2c1. The van der Waals surface area contributed by atoms with Crippen LogP contribution in [0.2, 0.25) is 10.0 Å². The van der Waals surface area contributed by atoms with E-state index < -0.39 is 0 Å². The number of hydrogen-bond acceptors (Lipinski definition) is 2. The van der Waals surface area contributed by atoms with Gasteiger partial charge in [0.05, 0.1) is 0 Å². The third-order valence-corrected chi connectivity index (χ3v) is 5.52. The highest BCUT2D eigenvalue weighted by atomic mass is 35.5. The molecule has 1 N–H and O–H groups in total. The van der Waals surface area contributed by atoms with E-state index in [4.69, 9.17) is 27.6 Å². The van der Waals surface area contributed by atoms with Crippen LogP contribution in [0.4, 0.5) is 0 Å². The van der Waals surface area contributed by atoms with Gasteiger partial charge < -0.3 is 9.73 Å². The lowest BCUT2D eigenvalue weighted by atomic mass is 9.99. The normalized spacial score (nSPS) is 11.0. The molecule has 0 saturated carbocycles. The fraction of sp³-hybridized carbons (Fsp3) is 0.125. The molecule has 4 rings (SSSR count). The van der Waals surface area contributed by atoms with Crippen molar-refractivity contribution in [3.63, 3.8) is 0 Å². The van der Waals surface area contributed by atoms with Gasteiger partial charge >= 0.3 is 0 Å². The Labute approximate surface area is 179 Å². The standard InChI is InChI=1S/C24H19Cl2NO2/c1-2-15-7-12-21-19(13-15)22(16-8-10-18(25)11-9-16)23(29-21)24(28)27-14-17-5-3-4-6-20(17)26/h3-13H,2,14H2,1H3,(H,27,28). The Hall–Kier alpha value is -2.75. The van der Waals surface area contributed by atoms with Crippen LogP contribution in [0.5, 0.6) is 0 Å². The van der Waals surface area contributed by atoms with E-state index in [0.717, 1.165) is 28.5 Å². The zero-order valence-electron chi connectivity index (χ0n) is 15.8. The maximum Gasteiger partial charge on any atom is 0.287 e. The first kappa shape index (κ1) is 19.6. The van der Waals surface area contributed by atoms with Crippen LogP contribution in [0.1, 0.15) is 28.6 Å². The van der Waals surface area contributed by atoms with Crippen molar-refractivity contribution in [2.75, 3.05) is 0 Å². The number of benzene rings is 3. The summed E-state index contributed by atoms with van der Waals surface area (Å²) in [6.07, 6.45) is 0.898. The van der Waals surface area contributed by atoms with Crippen molar-refractivity contribution in [2.45, 2.75) is 19.9 Å². The second-order valence-electron chi connectivity index (χ2n) is 6.77. The molecule has 0 aliphatic carbocycles. The number of rotatable bonds is 5. The summed E-state index contributed by atoms with van der Waals surface area (Å²) in [7, 11) is 0. The van der Waals surface area contributed by atoms with Crippen LogP contribution >= 0.6 is 23.2 Å². The molecule has 3 nitrogen and oxygen atoms in total. The summed E-state index contributed by atoms with van der Waals surface area (Å²) >= 11 is 12.3. The van der Waals surface area contributed by atoms with Gasteiger partial charge in [0.15, 0.2) is 0 Å². The van der Waals surface area contributed by atoms with E-state index in [9.17, 15) is 4.79 Å². The Balaban J connectivity index is 1.76. The van der Waals surface area contributed by atoms with Gasteiger partial charge in [-0.05, 0) is 53.4 Å². The summed E-state index contributed by atoms with van der Waals surface area (Å²) in [6.45, 7) is 2.41. The lowest BCUT2D eigenvalue weighted by Crippen LogP contribution is -2.23. The fourth-order valence-corrected chi connectivity index (χ4v) is 3.65. The highest BCUT2D eigenvalue weighted by Gasteiger charge is 2.22. The summed E-state index contributed by atoms with van der Waals surface area (Å²) in [5, 5.41) is 5.09.